The first kappa shape index (κ1) is 18.7. The molecule has 4 aliphatic rings. The molecule has 29 heavy (non-hydrogen) atoms. The standard InChI is InChI=1S/C19H24N6O3S/c1-10-16(25(27)28)11(2)24(23-10)9-15(26)20-18-22-21-17(29-18)19-6-12-3-13(7-19)5-14(4-12)8-19/h12-14H,3-9H2,1-2H3,(H,20,22,26). The molecule has 0 spiro atoms. The van der Waals surface area contributed by atoms with Gasteiger partial charge < -0.3 is 0 Å². The molecule has 154 valence electrons. The van der Waals surface area contributed by atoms with E-state index in [9.17, 15) is 14.9 Å². The van der Waals surface area contributed by atoms with Crippen molar-refractivity contribution in [3.05, 3.63) is 26.5 Å². The fourth-order valence-electron chi connectivity index (χ4n) is 6.26. The molecule has 4 bridgehead atoms. The van der Waals surface area contributed by atoms with E-state index >= 15 is 0 Å². The summed E-state index contributed by atoms with van der Waals surface area (Å²) >= 11 is 1.49. The van der Waals surface area contributed by atoms with Gasteiger partial charge in [0.25, 0.3) is 0 Å². The van der Waals surface area contributed by atoms with Crippen molar-refractivity contribution in [2.75, 3.05) is 5.32 Å². The van der Waals surface area contributed by atoms with Crippen LogP contribution in [-0.4, -0.2) is 30.8 Å². The van der Waals surface area contributed by atoms with Crippen LogP contribution in [0.3, 0.4) is 0 Å². The Morgan fingerprint density at radius 2 is 1.83 bits per heavy atom. The van der Waals surface area contributed by atoms with Gasteiger partial charge in [-0.05, 0) is 70.1 Å². The third-order valence-corrected chi connectivity index (χ3v) is 8.07. The van der Waals surface area contributed by atoms with E-state index in [1.54, 1.807) is 13.8 Å². The largest absolute Gasteiger partial charge is 0.312 e. The summed E-state index contributed by atoms with van der Waals surface area (Å²) in [5, 5.41) is 28.3. The van der Waals surface area contributed by atoms with Gasteiger partial charge in [0.05, 0.1) is 4.92 Å². The molecule has 6 rings (SSSR count). The summed E-state index contributed by atoms with van der Waals surface area (Å²) in [5.41, 5.74) is 0.790. The van der Waals surface area contributed by atoms with Crippen molar-refractivity contribution in [3.63, 3.8) is 0 Å². The molecular formula is C19H24N6O3S. The van der Waals surface area contributed by atoms with Crippen LogP contribution in [0.4, 0.5) is 10.8 Å². The van der Waals surface area contributed by atoms with Crippen molar-refractivity contribution in [2.24, 2.45) is 17.8 Å². The van der Waals surface area contributed by atoms with Crippen molar-refractivity contribution in [1.29, 1.82) is 0 Å². The third-order valence-electron chi connectivity index (χ3n) is 6.98. The minimum absolute atomic E-state index is 0.0437. The van der Waals surface area contributed by atoms with E-state index in [1.807, 2.05) is 0 Å². The number of rotatable bonds is 5. The topological polar surface area (TPSA) is 116 Å². The SMILES string of the molecule is Cc1nn(CC(=O)Nc2nnc(C34CC5CC(CC(C5)C3)C4)s2)c(C)c1[N+](=O)[O-]. The molecule has 1 N–H and O–H groups in total. The molecule has 0 aliphatic heterocycles. The molecule has 0 saturated heterocycles. The fraction of sp³-hybridized carbons (Fsp3) is 0.684. The molecule has 0 aromatic carbocycles. The van der Waals surface area contributed by atoms with Crippen molar-refractivity contribution >= 4 is 28.1 Å². The number of carbonyl (C=O) groups is 1. The van der Waals surface area contributed by atoms with Crippen LogP contribution in [0.1, 0.15) is 54.9 Å². The second-order valence-corrected chi connectivity index (χ2v) is 10.1. The lowest BCUT2D eigenvalue weighted by Gasteiger charge is -2.55. The minimum atomic E-state index is -0.464. The van der Waals surface area contributed by atoms with Crippen LogP contribution < -0.4 is 5.32 Å². The lowest BCUT2D eigenvalue weighted by Crippen LogP contribution is -2.48. The molecule has 0 unspecified atom stereocenters. The lowest BCUT2D eigenvalue weighted by molar-refractivity contribution is -0.386. The first-order valence-electron chi connectivity index (χ1n) is 10.2. The minimum Gasteiger partial charge on any atom is -0.299 e. The van der Waals surface area contributed by atoms with Crippen LogP contribution in [0.25, 0.3) is 0 Å². The highest BCUT2D eigenvalue weighted by Crippen LogP contribution is 2.61. The number of aromatic nitrogens is 4. The number of nitro groups is 1. The van der Waals surface area contributed by atoms with E-state index in [-0.39, 0.29) is 23.6 Å². The highest BCUT2D eigenvalue weighted by atomic mass is 32.1. The first-order valence-corrected chi connectivity index (χ1v) is 11.0. The van der Waals surface area contributed by atoms with E-state index in [4.69, 9.17) is 0 Å². The summed E-state index contributed by atoms with van der Waals surface area (Å²) in [7, 11) is 0. The molecule has 2 aromatic heterocycles. The number of hydrogen-bond donors (Lipinski definition) is 1. The molecule has 2 heterocycles. The van der Waals surface area contributed by atoms with Gasteiger partial charge >= 0.3 is 5.69 Å². The number of hydrogen-bond acceptors (Lipinski definition) is 7. The Morgan fingerprint density at radius 1 is 1.21 bits per heavy atom. The predicted octanol–water partition coefficient (Wildman–Crippen LogP) is 3.37. The number of amides is 1. The predicted molar refractivity (Wildman–Crippen MR) is 107 cm³/mol. The summed E-state index contributed by atoms with van der Waals surface area (Å²) in [6.07, 6.45) is 7.73. The van der Waals surface area contributed by atoms with E-state index < -0.39 is 4.92 Å². The van der Waals surface area contributed by atoms with Crippen molar-refractivity contribution in [2.45, 2.75) is 64.3 Å². The molecule has 4 saturated carbocycles. The van der Waals surface area contributed by atoms with Crippen LogP contribution >= 0.6 is 11.3 Å². The van der Waals surface area contributed by atoms with Gasteiger partial charge in [0.2, 0.25) is 11.0 Å². The lowest BCUT2D eigenvalue weighted by atomic mass is 9.50. The Morgan fingerprint density at radius 3 is 2.38 bits per heavy atom. The average molecular weight is 417 g/mol. The van der Waals surface area contributed by atoms with Gasteiger partial charge in [-0.2, -0.15) is 5.10 Å². The van der Waals surface area contributed by atoms with E-state index in [0.29, 0.717) is 16.5 Å². The molecule has 4 fully saturated rings. The normalized spacial score (nSPS) is 29.9. The molecular weight excluding hydrogens is 392 g/mol. The van der Waals surface area contributed by atoms with Gasteiger partial charge in [-0.15, -0.1) is 10.2 Å². The molecule has 0 atom stereocenters. The Hall–Kier alpha value is -2.36. The van der Waals surface area contributed by atoms with Gasteiger partial charge in [-0.3, -0.25) is 24.9 Å². The van der Waals surface area contributed by atoms with Gasteiger partial charge in [0, 0.05) is 5.41 Å². The number of nitrogens with zero attached hydrogens (tertiary/aromatic N) is 5. The Bertz CT molecular complexity index is 961. The van der Waals surface area contributed by atoms with Crippen molar-refractivity contribution < 1.29 is 9.72 Å². The quantitative estimate of drug-likeness (QED) is 0.590. The Balaban J connectivity index is 1.29. The summed E-state index contributed by atoms with van der Waals surface area (Å²) in [5.74, 6) is 2.17. The summed E-state index contributed by atoms with van der Waals surface area (Å²) in [4.78, 5) is 23.1. The maximum absolute atomic E-state index is 12.5. The Kier molecular flexibility index (Phi) is 4.23. The smallest absolute Gasteiger partial charge is 0.299 e. The zero-order valence-corrected chi connectivity index (χ0v) is 17.4. The van der Waals surface area contributed by atoms with Gasteiger partial charge in [-0.25, -0.2) is 0 Å². The zero-order chi connectivity index (χ0) is 20.3. The molecule has 9 nitrogen and oxygen atoms in total. The number of anilines is 1. The molecule has 0 radical (unpaired) electrons. The van der Waals surface area contributed by atoms with Crippen LogP contribution in [0, 0.1) is 41.7 Å². The summed E-state index contributed by atoms with van der Waals surface area (Å²) < 4.78 is 1.36. The molecule has 10 heteroatoms. The second-order valence-electron chi connectivity index (χ2n) is 9.09. The number of carbonyl (C=O) groups excluding carboxylic acids is 1. The van der Waals surface area contributed by atoms with E-state index in [0.717, 1.165) is 22.8 Å². The second kappa shape index (κ2) is 6.58. The molecule has 1 amide bonds. The maximum atomic E-state index is 12.5. The Labute approximate surface area is 172 Å². The van der Waals surface area contributed by atoms with Gasteiger partial charge in [0.1, 0.15) is 22.9 Å². The summed E-state index contributed by atoms with van der Waals surface area (Å²) in [6.45, 7) is 3.08. The van der Waals surface area contributed by atoms with Crippen LogP contribution in [0.15, 0.2) is 0 Å². The van der Waals surface area contributed by atoms with Gasteiger partial charge in [-0.1, -0.05) is 11.3 Å². The van der Waals surface area contributed by atoms with Crippen LogP contribution in [0.5, 0.6) is 0 Å². The average Bonchev–Trinajstić information content (AvgIpc) is 3.19. The van der Waals surface area contributed by atoms with E-state index in [1.165, 1.54) is 54.5 Å². The first-order chi connectivity index (χ1) is 13.8. The zero-order valence-electron chi connectivity index (χ0n) is 16.6. The fourth-order valence-corrected chi connectivity index (χ4v) is 7.24. The summed E-state index contributed by atoms with van der Waals surface area (Å²) in [6, 6.07) is 0. The maximum Gasteiger partial charge on any atom is 0.312 e. The van der Waals surface area contributed by atoms with Crippen LogP contribution in [0.2, 0.25) is 0 Å². The highest BCUT2D eigenvalue weighted by Gasteiger charge is 2.53. The molecule has 2 aromatic rings. The number of nitrogens with one attached hydrogen (secondary N) is 1. The van der Waals surface area contributed by atoms with Crippen LogP contribution in [-0.2, 0) is 16.8 Å². The van der Waals surface area contributed by atoms with E-state index in [2.05, 4.69) is 20.6 Å². The van der Waals surface area contributed by atoms with Crippen molar-refractivity contribution in [1.82, 2.24) is 20.0 Å². The third kappa shape index (κ3) is 3.13. The van der Waals surface area contributed by atoms with Gasteiger partial charge in [0.15, 0.2) is 0 Å². The van der Waals surface area contributed by atoms with Crippen molar-refractivity contribution in [3.8, 4) is 0 Å². The number of aryl methyl sites for hydroxylation is 1. The molecule has 4 aliphatic carbocycles. The highest BCUT2D eigenvalue weighted by molar-refractivity contribution is 7.15. The monoisotopic (exact) mass is 416 g/mol.